The summed E-state index contributed by atoms with van der Waals surface area (Å²) in [4.78, 5) is 2.73. The minimum absolute atomic E-state index is 0.140. The second-order valence-electron chi connectivity index (χ2n) is 5.33. The Morgan fingerprint density at radius 3 is 2.50 bits per heavy atom. The van der Waals surface area contributed by atoms with Crippen molar-refractivity contribution in [2.75, 3.05) is 23.7 Å². The van der Waals surface area contributed by atoms with Crippen molar-refractivity contribution < 1.29 is 8.42 Å². The van der Waals surface area contributed by atoms with Crippen LogP contribution < -0.4 is 10.6 Å². The van der Waals surface area contributed by atoms with E-state index >= 15 is 0 Å². The van der Waals surface area contributed by atoms with Crippen LogP contribution in [0.3, 0.4) is 0 Å². The highest BCUT2D eigenvalue weighted by molar-refractivity contribution is 7.91. The first-order chi connectivity index (χ1) is 9.58. The molecule has 1 unspecified atom stereocenters. The molecule has 4 nitrogen and oxygen atoms in total. The van der Waals surface area contributed by atoms with Gasteiger partial charge in [-0.1, -0.05) is 19.8 Å². The van der Waals surface area contributed by atoms with Crippen molar-refractivity contribution in [3.63, 3.8) is 0 Å². The second kappa shape index (κ2) is 6.59. The number of hydrogen-bond donors (Lipinski definition) is 1. The summed E-state index contributed by atoms with van der Waals surface area (Å²) in [7, 11) is -3.12. The molecule has 1 saturated heterocycles. The number of sulfone groups is 1. The number of hydrogen-bond acceptors (Lipinski definition) is 4. The molecule has 2 rings (SSSR count). The number of nitrogens with two attached hydrogens (primary N) is 1. The molecule has 0 amide bonds. The lowest BCUT2D eigenvalue weighted by Crippen LogP contribution is -2.40. The van der Waals surface area contributed by atoms with Gasteiger partial charge in [-0.25, -0.2) is 8.42 Å². The molecule has 1 aromatic rings. The third-order valence-electron chi connectivity index (χ3n) is 4.06. The van der Waals surface area contributed by atoms with Crippen LogP contribution in [0.2, 0.25) is 0 Å². The van der Waals surface area contributed by atoms with Crippen LogP contribution >= 0.6 is 0 Å². The van der Waals surface area contributed by atoms with Gasteiger partial charge >= 0.3 is 0 Å². The van der Waals surface area contributed by atoms with E-state index in [1.807, 2.05) is 12.1 Å². The minimum atomic E-state index is -3.12. The Morgan fingerprint density at radius 1 is 1.20 bits per heavy atom. The molecule has 1 aliphatic rings. The van der Waals surface area contributed by atoms with Crippen molar-refractivity contribution in [1.29, 1.82) is 0 Å². The van der Waals surface area contributed by atoms with Crippen LogP contribution in [-0.2, 0) is 9.84 Å². The van der Waals surface area contributed by atoms with Gasteiger partial charge in [-0.05, 0) is 37.1 Å². The van der Waals surface area contributed by atoms with Gasteiger partial charge in [-0.15, -0.1) is 0 Å². The van der Waals surface area contributed by atoms with Crippen LogP contribution in [0, 0.1) is 0 Å². The van der Waals surface area contributed by atoms with E-state index in [1.165, 1.54) is 19.3 Å². The smallest absolute Gasteiger partial charge is 0.178 e. The average molecular weight is 296 g/mol. The predicted octanol–water partition coefficient (Wildman–Crippen LogP) is 2.19. The maximum absolute atomic E-state index is 11.8. The van der Waals surface area contributed by atoms with Crippen LogP contribution in [0.15, 0.2) is 29.2 Å². The Balaban J connectivity index is 2.24. The molecular weight excluding hydrogens is 272 g/mol. The van der Waals surface area contributed by atoms with Gasteiger partial charge in [0.2, 0.25) is 0 Å². The van der Waals surface area contributed by atoms with Crippen LogP contribution in [0.4, 0.5) is 5.69 Å². The lowest BCUT2D eigenvalue weighted by molar-refractivity contribution is 0.580. The third-order valence-corrected chi connectivity index (χ3v) is 5.81. The van der Waals surface area contributed by atoms with Gasteiger partial charge in [0.15, 0.2) is 9.84 Å². The lowest BCUT2D eigenvalue weighted by atomic mass is 10.1. The molecule has 0 saturated carbocycles. The van der Waals surface area contributed by atoms with E-state index < -0.39 is 9.84 Å². The number of rotatable bonds is 4. The Bertz CT molecular complexity index is 525. The van der Waals surface area contributed by atoms with Crippen LogP contribution in [0.1, 0.15) is 32.6 Å². The fraction of sp³-hybridized carbons (Fsp3) is 0.600. The zero-order valence-corrected chi connectivity index (χ0v) is 12.9. The zero-order valence-electron chi connectivity index (χ0n) is 12.1. The molecule has 0 aromatic heterocycles. The van der Waals surface area contributed by atoms with E-state index in [-0.39, 0.29) is 5.75 Å². The molecule has 0 bridgehead atoms. The summed E-state index contributed by atoms with van der Waals surface area (Å²) in [5.74, 6) is 0.140. The van der Waals surface area contributed by atoms with E-state index in [1.54, 1.807) is 19.1 Å². The normalized spacial score (nSPS) is 20.7. The molecule has 1 aromatic carbocycles. The van der Waals surface area contributed by atoms with Gasteiger partial charge in [-0.2, -0.15) is 0 Å². The molecule has 1 fully saturated rings. The standard InChI is InChI=1S/C15H24N2O2S/c1-2-20(18,19)15-9-7-13(8-10-15)17-11-5-3-4-6-14(17)12-16/h7-10,14H,2-6,11-12,16H2,1H3. The number of nitrogens with zero attached hydrogens (tertiary/aromatic N) is 1. The van der Waals surface area contributed by atoms with Gasteiger partial charge < -0.3 is 10.6 Å². The summed E-state index contributed by atoms with van der Waals surface area (Å²) >= 11 is 0. The number of anilines is 1. The quantitative estimate of drug-likeness (QED) is 0.925. The minimum Gasteiger partial charge on any atom is -0.367 e. The Kier molecular flexibility index (Phi) is 5.05. The number of benzene rings is 1. The van der Waals surface area contributed by atoms with E-state index in [0.717, 1.165) is 18.7 Å². The largest absolute Gasteiger partial charge is 0.367 e. The SMILES string of the molecule is CCS(=O)(=O)c1ccc(N2CCCCCC2CN)cc1. The topological polar surface area (TPSA) is 63.4 Å². The Morgan fingerprint density at radius 2 is 1.90 bits per heavy atom. The molecule has 1 aliphatic heterocycles. The highest BCUT2D eigenvalue weighted by atomic mass is 32.2. The van der Waals surface area contributed by atoms with Gasteiger partial charge in [0.1, 0.15) is 0 Å². The van der Waals surface area contributed by atoms with Crippen molar-refractivity contribution in [1.82, 2.24) is 0 Å². The molecule has 0 spiro atoms. The zero-order chi connectivity index (χ0) is 14.6. The van der Waals surface area contributed by atoms with E-state index in [4.69, 9.17) is 5.73 Å². The van der Waals surface area contributed by atoms with Crippen molar-refractivity contribution in [3.8, 4) is 0 Å². The average Bonchev–Trinajstić information content (AvgIpc) is 2.72. The molecule has 1 heterocycles. The van der Waals surface area contributed by atoms with Gasteiger partial charge in [0, 0.05) is 24.8 Å². The second-order valence-corrected chi connectivity index (χ2v) is 7.61. The van der Waals surface area contributed by atoms with Crippen LogP contribution in [-0.4, -0.2) is 33.3 Å². The predicted molar refractivity (Wildman–Crippen MR) is 82.8 cm³/mol. The van der Waals surface area contributed by atoms with Gasteiger partial charge in [0.05, 0.1) is 10.6 Å². The summed E-state index contributed by atoms with van der Waals surface area (Å²) in [5, 5.41) is 0. The highest BCUT2D eigenvalue weighted by Gasteiger charge is 2.20. The van der Waals surface area contributed by atoms with Gasteiger partial charge in [-0.3, -0.25) is 0 Å². The molecule has 0 aliphatic carbocycles. The van der Waals surface area contributed by atoms with Crippen LogP contribution in [0.5, 0.6) is 0 Å². The van der Waals surface area contributed by atoms with E-state index in [9.17, 15) is 8.42 Å². The molecular formula is C15H24N2O2S. The molecule has 5 heteroatoms. The fourth-order valence-corrected chi connectivity index (χ4v) is 3.66. The first-order valence-corrected chi connectivity index (χ1v) is 9.03. The summed E-state index contributed by atoms with van der Waals surface area (Å²) in [6.07, 6.45) is 4.76. The summed E-state index contributed by atoms with van der Waals surface area (Å²) < 4.78 is 23.7. The summed E-state index contributed by atoms with van der Waals surface area (Å²) in [6.45, 7) is 3.32. The summed E-state index contributed by atoms with van der Waals surface area (Å²) in [5.41, 5.74) is 6.96. The Labute approximate surface area is 121 Å². The molecule has 0 radical (unpaired) electrons. The molecule has 2 N–H and O–H groups in total. The summed E-state index contributed by atoms with van der Waals surface area (Å²) in [6, 6.07) is 7.62. The maximum atomic E-state index is 11.8. The van der Waals surface area contributed by atoms with Crippen molar-refractivity contribution in [3.05, 3.63) is 24.3 Å². The van der Waals surface area contributed by atoms with Gasteiger partial charge in [0.25, 0.3) is 0 Å². The first kappa shape index (κ1) is 15.3. The third kappa shape index (κ3) is 3.33. The molecule has 1 atom stereocenters. The fourth-order valence-electron chi connectivity index (χ4n) is 2.77. The van der Waals surface area contributed by atoms with Crippen molar-refractivity contribution >= 4 is 15.5 Å². The van der Waals surface area contributed by atoms with E-state index in [2.05, 4.69) is 4.90 Å². The first-order valence-electron chi connectivity index (χ1n) is 7.38. The monoisotopic (exact) mass is 296 g/mol. The van der Waals surface area contributed by atoms with Crippen LogP contribution in [0.25, 0.3) is 0 Å². The Hall–Kier alpha value is -1.07. The lowest BCUT2D eigenvalue weighted by Gasteiger charge is -2.31. The molecule has 112 valence electrons. The van der Waals surface area contributed by atoms with Crippen molar-refractivity contribution in [2.45, 2.75) is 43.5 Å². The van der Waals surface area contributed by atoms with Crippen molar-refractivity contribution in [2.24, 2.45) is 5.73 Å². The highest BCUT2D eigenvalue weighted by Crippen LogP contribution is 2.25. The van der Waals surface area contributed by atoms with E-state index in [0.29, 0.717) is 17.5 Å². The molecule has 20 heavy (non-hydrogen) atoms. The maximum Gasteiger partial charge on any atom is 0.178 e.